The Labute approximate surface area is 135 Å². The Balaban J connectivity index is 0.00000176. The van der Waals surface area contributed by atoms with E-state index in [4.69, 9.17) is 10.2 Å². The number of anilines is 1. The molecule has 3 N–H and O–H groups in total. The highest BCUT2D eigenvalue weighted by molar-refractivity contribution is 5.91. The van der Waals surface area contributed by atoms with Crippen LogP contribution in [0.5, 0.6) is 0 Å². The minimum absolute atomic E-state index is 0. The molecule has 1 amide bonds. The zero-order valence-corrected chi connectivity index (χ0v) is 13.0. The van der Waals surface area contributed by atoms with Gasteiger partial charge < -0.3 is 15.5 Å². The molecule has 118 valence electrons. The van der Waals surface area contributed by atoms with Crippen molar-refractivity contribution in [2.75, 3.05) is 5.32 Å². The van der Waals surface area contributed by atoms with Crippen LogP contribution in [0, 0.1) is 5.92 Å². The van der Waals surface area contributed by atoms with Gasteiger partial charge in [0.05, 0.1) is 6.20 Å². The fourth-order valence-corrected chi connectivity index (χ4v) is 2.85. The normalized spacial score (nSPS) is 20.4. The lowest BCUT2D eigenvalue weighted by molar-refractivity contribution is -0.117. The second-order valence-corrected chi connectivity index (χ2v) is 5.55. The van der Waals surface area contributed by atoms with Gasteiger partial charge in [-0.05, 0) is 43.0 Å². The van der Waals surface area contributed by atoms with Gasteiger partial charge in [0.2, 0.25) is 5.91 Å². The SMILES string of the molecule is Cl.N[C@@H]1CCC[C@H]1CC(=O)Nc1ccc(-c2cnco2)cc1. The van der Waals surface area contributed by atoms with E-state index in [1.807, 2.05) is 24.3 Å². The van der Waals surface area contributed by atoms with Gasteiger partial charge in [0.15, 0.2) is 12.2 Å². The average molecular weight is 322 g/mol. The Hall–Kier alpha value is -1.85. The van der Waals surface area contributed by atoms with Crippen molar-refractivity contribution >= 4 is 24.0 Å². The molecule has 2 aromatic rings. The number of rotatable bonds is 4. The summed E-state index contributed by atoms with van der Waals surface area (Å²) in [5.41, 5.74) is 7.72. The van der Waals surface area contributed by atoms with Crippen LogP contribution in [-0.4, -0.2) is 16.9 Å². The van der Waals surface area contributed by atoms with Gasteiger partial charge in [-0.15, -0.1) is 12.4 Å². The molecule has 0 spiro atoms. The van der Waals surface area contributed by atoms with Crippen molar-refractivity contribution in [3.8, 4) is 11.3 Å². The highest BCUT2D eigenvalue weighted by Crippen LogP contribution is 2.27. The minimum Gasteiger partial charge on any atom is -0.444 e. The third-order valence-corrected chi connectivity index (χ3v) is 4.05. The Kier molecular flexibility index (Phi) is 5.57. The van der Waals surface area contributed by atoms with E-state index < -0.39 is 0 Å². The van der Waals surface area contributed by atoms with Crippen molar-refractivity contribution < 1.29 is 9.21 Å². The average Bonchev–Trinajstić information content (AvgIpc) is 3.12. The third kappa shape index (κ3) is 3.87. The maximum absolute atomic E-state index is 12.0. The summed E-state index contributed by atoms with van der Waals surface area (Å²) in [6, 6.07) is 7.70. The van der Waals surface area contributed by atoms with Gasteiger partial charge in [-0.2, -0.15) is 0 Å². The van der Waals surface area contributed by atoms with E-state index in [-0.39, 0.29) is 24.4 Å². The number of nitrogens with zero attached hydrogens (tertiary/aromatic N) is 1. The number of carbonyl (C=O) groups excluding carboxylic acids is 1. The van der Waals surface area contributed by atoms with E-state index in [0.717, 1.165) is 30.5 Å². The Morgan fingerprint density at radius 3 is 2.68 bits per heavy atom. The molecule has 0 bridgehead atoms. The highest BCUT2D eigenvalue weighted by Gasteiger charge is 2.25. The minimum atomic E-state index is 0. The van der Waals surface area contributed by atoms with Gasteiger partial charge in [-0.25, -0.2) is 4.98 Å². The fraction of sp³-hybridized carbons (Fsp3) is 0.375. The summed E-state index contributed by atoms with van der Waals surface area (Å²) in [6.45, 7) is 0. The van der Waals surface area contributed by atoms with E-state index in [9.17, 15) is 4.79 Å². The smallest absolute Gasteiger partial charge is 0.224 e. The summed E-state index contributed by atoms with van der Waals surface area (Å²) in [7, 11) is 0. The van der Waals surface area contributed by atoms with Gasteiger partial charge in [-0.3, -0.25) is 4.79 Å². The molecule has 1 saturated carbocycles. The standard InChI is InChI=1S/C16H19N3O2.ClH/c17-14-3-1-2-12(14)8-16(20)19-13-6-4-11(5-7-13)15-9-18-10-21-15;/h4-7,9-10,12,14H,1-3,8,17H2,(H,19,20);1H/t12-,14+;/m0./s1. The van der Waals surface area contributed by atoms with E-state index in [1.165, 1.54) is 6.39 Å². The van der Waals surface area contributed by atoms with Crippen molar-refractivity contribution in [3.05, 3.63) is 36.9 Å². The predicted octanol–water partition coefficient (Wildman–Crippen LogP) is 3.22. The molecule has 1 aliphatic rings. The van der Waals surface area contributed by atoms with Crippen LogP contribution in [0.1, 0.15) is 25.7 Å². The molecular formula is C16H20ClN3O2. The molecule has 1 fully saturated rings. The zero-order chi connectivity index (χ0) is 14.7. The van der Waals surface area contributed by atoms with Crippen molar-refractivity contribution in [1.82, 2.24) is 4.98 Å². The van der Waals surface area contributed by atoms with Crippen LogP contribution in [0.4, 0.5) is 5.69 Å². The maximum Gasteiger partial charge on any atom is 0.224 e. The van der Waals surface area contributed by atoms with Crippen molar-refractivity contribution in [2.24, 2.45) is 11.7 Å². The first-order chi connectivity index (χ1) is 10.2. The first kappa shape index (κ1) is 16.5. The lowest BCUT2D eigenvalue weighted by Crippen LogP contribution is -2.28. The van der Waals surface area contributed by atoms with Gasteiger partial charge in [0.25, 0.3) is 0 Å². The van der Waals surface area contributed by atoms with Crippen LogP contribution >= 0.6 is 12.4 Å². The molecule has 1 aliphatic carbocycles. The Morgan fingerprint density at radius 2 is 2.09 bits per heavy atom. The number of hydrogen-bond acceptors (Lipinski definition) is 4. The van der Waals surface area contributed by atoms with Gasteiger partial charge in [0.1, 0.15) is 0 Å². The van der Waals surface area contributed by atoms with Crippen LogP contribution in [-0.2, 0) is 4.79 Å². The summed E-state index contributed by atoms with van der Waals surface area (Å²) in [6.07, 6.45) is 6.78. The van der Waals surface area contributed by atoms with Crippen LogP contribution < -0.4 is 11.1 Å². The van der Waals surface area contributed by atoms with E-state index in [2.05, 4.69) is 10.3 Å². The van der Waals surface area contributed by atoms with E-state index in [0.29, 0.717) is 18.1 Å². The number of oxazole rings is 1. The molecule has 2 atom stereocenters. The number of aromatic nitrogens is 1. The van der Waals surface area contributed by atoms with Crippen molar-refractivity contribution in [2.45, 2.75) is 31.7 Å². The number of hydrogen-bond donors (Lipinski definition) is 2. The number of amides is 1. The molecule has 0 unspecified atom stereocenters. The van der Waals surface area contributed by atoms with Gasteiger partial charge in [-0.1, -0.05) is 6.42 Å². The van der Waals surface area contributed by atoms with Gasteiger partial charge in [0, 0.05) is 23.7 Å². The molecule has 0 aliphatic heterocycles. The Morgan fingerprint density at radius 1 is 1.32 bits per heavy atom. The van der Waals surface area contributed by atoms with Crippen LogP contribution in [0.3, 0.4) is 0 Å². The third-order valence-electron chi connectivity index (χ3n) is 4.05. The molecule has 6 heteroatoms. The molecule has 1 aromatic carbocycles. The number of benzene rings is 1. The fourth-order valence-electron chi connectivity index (χ4n) is 2.85. The first-order valence-corrected chi connectivity index (χ1v) is 7.27. The molecule has 22 heavy (non-hydrogen) atoms. The number of nitrogens with one attached hydrogen (secondary N) is 1. The summed E-state index contributed by atoms with van der Waals surface area (Å²) < 4.78 is 5.23. The molecule has 0 saturated heterocycles. The highest BCUT2D eigenvalue weighted by atomic mass is 35.5. The second-order valence-electron chi connectivity index (χ2n) is 5.55. The van der Waals surface area contributed by atoms with Crippen molar-refractivity contribution in [3.63, 3.8) is 0 Å². The lowest BCUT2D eigenvalue weighted by Gasteiger charge is -2.14. The summed E-state index contributed by atoms with van der Waals surface area (Å²) >= 11 is 0. The van der Waals surface area contributed by atoms with E-state index >= 15 is 0 Å². The zero-order valence-electron chi connectivity index (χ0n) is 12.2. The Bertz CT molecular complexity index is 598. The van der Waals surface area contributed by atoms with E-state index in [1.54, 1.807) is 6.20 Å². The molecule has 1 aromatic heterocycles. The molecule has 1 heterocycles. The topological polar surface area (TPSA) is 81.2 Å². The molecular weight excluding hydrogens is 302 g/mol. The predicted molar refractivity (Wildman–Crippen MR) is 87.8 cm³/mol. The summed E-state index contributed by atoms with van der Waals surface area (Å²) in [4.78, 5) is 15.9. The van der Waals surface area contributed by atoms with Gasteiger partial charge >= 0.3 is 0 Å². The summed E-state index contributed by atoms with van der Waals surface area (Å²) in [5, 5.41) is 2.92. The monoisotopic (exact) mass is 321 g/mol. The lowest BCUT2D eigenvalue weighted by atomic mass is 10.00. The maximum atomic E-state index is 12.0. The first-order valence-electron chi connectivity index (χ1n) is 7.27. The van der Waals surface area contributed by atoms with Crippen LogP contribution in [0.2, 0.25) is 0 Å². The van der Waals surface area contributed by atoms with Crippen molar-refractivity contribution in [1.29, 1.82) is 0 Å². The van der Waals surface area contributed by atoms with Crippen LogP contribution in [0.25, 0.3) is 11.3 Å². The quantitative estimate of drug-likeness (QED) is 0.906. The molecule has 5 nitrogen and oxygen atoms in total. The number of carbonyl (C=O) groups is 1. The second kappa shape index (κ2) is 7.42. The molecule has 3 rings (SSSR count). The number of nitrogens with two attached hydrogens (primary N) is 1. The summed E-state index contributed by atoms with van der Waals surface area (Å²) in [5.74, 6) is 1.06. The molecule has 0 radical (unpaired) electrons. The number of halogens is 1. The van der Waals surface area contributed by atoms with Crippen LogP contribution in [0.15, 0.2) is 41.3 Å². The largest absolute Gasteiger partial charge is 0.444 e.